The summed E-state index contributed by atoms with van der Waals surface area (Å²) in [6.45, 7) is 0.674. The summed E-state index contributed by atoms with van der Waals surface area (Å²) in [5.41, 5.74) is 0.142. The fourth-order valence-corrected chi connectivity index (χ4v) is 1.91. The van der Waals surface area contributed by atoms with Crippen molar-refractivity contribution in [3.05, 3.63) is 29.8 Å². The van der Waals surface area contributed by atoms with Crippen molar-refractivity contribution in [1.82, 2.24) is 0 Å². The monoisotopic (exact) mass is 227 g/mol. The van der Waals surface area contributed by atoms with Crippen LogP contribution in [0.5, 0.6) is 0 Å². The Kier molecular flexibility index (Phi) is 2.77. The molecule has 1 saturated heterocycles. The van der Waals surface area contributed by atoms with Crippen molar-refractivity contribution in [2.75, 3.05) is 18.0 Å². The molecule has 0 aromatic heterocycles. The van der Waals surface area contributed by atoms with E-state index < -0.39 is 23.5 Å². The van der Waals surface area contributed by atoms with Gasteiger partial charge in [0.1, 0.15) is 11.6 Å². The van der Waals surface area contributed by atoms with E-state index in [2.05, 4.69) is 0 Å². The Morgan fingerprint density at radius 2 is 2.19 bits per heavy atom. The number of aliphatic carboxylic acids is 1. The molecule has 1 aromatic carbocycles. The average Bonchev–Trinajstić information content (AvgIpc) is 2.70. The minimum absolute atomic E-state index is 0.142. The second kappa shape index (κ2) is 4.08. The van der Waals surface area contributed by atoms with E-state index in [4.69, 9.17) is 5.11 Å². The zero-order chi connectivity index (χ0) is 11.7. The minimum atomic E-state index is -0.890. The van der Waals surface area contributed by atoms with Gasteiger partial charge in [-0.15, -0.1) is 0 Å². The molecule has 0 amide bonds. The Bertz CT molecular complexity index is 422. The molecule has 86 valence electrons. The van der Waals surface area contributed by atoms with Gasteiger partial charge >= 0.3 is 5.97 Å². The van der Waals surface area contributed by atoms with E-state index in [-0.39, 0.29) is 12.2 Å². The lowest BCUT2D eigenvalue weighted by atomic mass is 10.1. The molecule has 0 bridgehead atoms. The Morgan fingerprint density at radius 3 is 2.81 bits per heavy atom. The standard InChI is InChI=1S/C11H11F2NO2/c12-8-1-2-9(13)10(5-8)14-4-3-7(6-14)11(15)16/h1-2,5,7H,3-4,6H2,(H,15,16)/t7-/m0/s1. The molecular weight excluding hydrogens is 216 g/mol. The molecule has 1 heterocycles. The average molecular weight is 227 g/mol. The van der Waals surface area contributed by atoms with Crippen molar-refractivity contribution in [2.45, 2.75) is 6.42 Å². The molecule has 1 aliphatic heterocycles. The van der Waals surface area contributed by atoms with Gasteiger partial charge in [0, 0.05) is 19.2 Å². The van der Waals surface area contributed by atoms with E-state index in [1.807, 2.05) is 0 Å². The number of anilines is 1. The molecule has 1 aliphatic rings. The summed E-state index contributed by atoms with van der Waals surface area (Å²) in [6.07, 6.45) is 0.464. The van der Waals surface area contributed by atoms with E-state index >= 15 is 0 Å². The van der Waals surface area contributed by atoms with Crippen LogP contribution in [0.15, 0.2) is 18.2 Å². The highest BCUT2D eigenvalue weighted by atomic mass is 19.1. The van der Waals surface area contributed by atoms with Gasteiger partial charge in [-0.25, -0.2) is 8.78 Å². The highest BCUT2D eigenvalue weighted by Gasteiger charge is 2.29. The molecule has 0 saturated carbocycles. The van der Waals surface area contributed by atoms with Crippen LogP contribution in [0.4, 0.5) is 14.5 Å². The maximum absolute atomic E-state index is 13.4. The molecule has 0 spiro atoms. The number of carboxylic acids is 1. The normalized spacial score (nSPS) is 20.1. The summed E-state index contributed by atoms with van der Waals surface area (Å²) in [6, 6.07) is 3.20. The fourth-order valence-electron chi connectivity index (χ4n) is 1.91. The van der Waals surface area contributed by atoms with Gasteiger partial charge in [-0.05, 0) is 18.6 Å². The van der Waals surface area contributed by atoms with Crippen molar-refractivity contribution >= 4 is 11.7 Å². The van der Waals surface area contributed by atoms with E-state index in [1.165, 1.54) is 0 Å². The number of carbonyl (C=O) groups is 1. The van der Waals surface area contributed by atoms with Crippen LogP contribution in [0.2, 0.25) is 0 Å². The number of hydrogen-bond donors (Lipinski definition) is 1. The molecule has 1 N–H and O–H groups in total. The van der Waals surface area contributed by atoms with Crippen molar-refractivity contribution in [3.8, 4) is 0 Å². The van der Waals surface area contributed by atoms with Gasteiger partial charge in [0.05, 0.1) is 11.6 Å². The summed E-state index contributed by atoms with van der Waals surface area (Å²) in [4.78, 5) is 12.3. The second-order valence-corrected chi connectivity index (χ2v) is 3.87. The molecule has 1 atom stereocenters. The van der Waals surface area contributed by atoms with Crippen LogP contribution >= 0.6 is 0 Å². The van der Waals surface area contributed by atoms with Crippen molar-refractivity contribution < 1.29 is 18.7 Å². The summed E-state index contributed by atoms with van der Waals surface area (Å²) >= 11 is 0. The van der Waals surface area contributed by atoms with Gasteiger partial charge in [-0.3, -0.25) is 4.79 Å². The van der Waals surface area contributed by atoms with Gasteiger partial charge in [-0.2, -0.15) is 0 Å². The molecule has 1 fully saturated rings. The molecule has 0 unspecified atom stereocenters. The van der Waals surface area contributed by atoms with Crippen LogP contribution in [-0.2, 0) is 4.79 Å². The van der Waals surface area contributed by atoms with Crippen molar-refractivity contribution in [2.24, 2.45) is 5.92 Å². The zero-order valence-corrected chi connectivity index (χ0v) is 8.49. The van der Waals surface area contributed by atoms with Gasteiger partial charge in [-0.1, -0.05) is 0 Å². The number of carboxylic acid groups (broad SMARTS) is 1. The van der Waals surface area contributed by atoms with E-state index in [9.17, 15) is 13.6 Å². The van der Waals surface area contributed by atoms with Crippen molar-refractivity contribution in [1.29, 1.82) is 0 Å². The molecule has 5 heteroatoms. The molecule has 3 nitrogen and oxygen atoms in total. The van der Waals surface area contributed by atoms with Gasteiger partial charge < -0.3 is 10.0 Å². The van der Waals surface area contributed by atoms with Crippen LogP contribution in [0.3, 0.4) is 0 Å². The first-order chi connectivity index (χ1) is 7.58. The first-order valence-corrected chi connectivity index (χ1v) is 5.00. The Balaban J connectivity index is 2.20. The topological polar surface area (TPSA) is 40.5 Å². The summed E-state index contributed by atoms with van der Waals surface area (Å²) in [5.74, 6) is -2.43. The Morgan fingerprint density at radius 1 is 1.44 bits per heavy atom. The number of rotatable bonds is 2. The molecule has 1 aromatic rings. The third-order valence-corrected chi connectivity index (χ3v) is 2.79. The summed E-state index contributed by atoms with van der Waals surface area (Å²) in [5, 5.41) is 8.81. The smallest absolute Gasteiger partial charge is 0.308 e. The lowest BCUT2D eigenvalue weighted by Crippen LogP contribution is -2.23. The highest BCUT2D eigenvalue weighted by molar-refractivity contribution is 5.72. The van der Waals surface area contributed by atoms with E-state index in [0.29, 0.717) is 13.0 Å². The number of halogens is 2. The highest BCUT2D eigenvalue weighted by Crippen LogP contribution is 2.27. The quantitative estimate of drug-likeness (QED) is 0.838. The predicted molar refractivity (Wildman–Crippen MR) is 54.3 cm³/mol. The third kappa shape index (κ3) is 1.98. The van der Waals surface area contributed by atoms with Crippen LogP contribution in [0, 0.1) is 17.6 Å². The number of hydrogen-bond acceptors (Lipinski definition) is 2. The van der Waals surface area contributed by atoms with E-state index in [1.54, 1.807) is 4.90 Å². The molecule has 0 radical (unpaired) electrons. The first-order valence-electron chi connectivity index (χ1n) is 5.00. The van der Waals surface area contributed by atoms with Crippen LogP contribution < -0.4 is 4.90 Å². The lowest BCUT2D eigenvalue weighted by molar-refractivity contribution is -0.140. The summed E-state index contributed by atoms with van der Waals surface area (Å²) in [7, 11) is 0. The van der Waals surface area contributed by atoms with Gasteiger partial charge in [0.25, 0.3) is 0 Å². The molecule has 16 heavy (non-hydrogen) atoms. The van der Waals surface area contributed by atoms with Crippen LogP contribution in [0.25, 0.3) is 0 Å². The first kappa shape index (κ1) is 10.9. The maximum Gasteiger partial charge on any atom is 0.308 e. The number of nitrogens with zero attached hydrogens (tertiary/aromatic N) is 1. The molecule has 2 rings (SSSR count). The lowest BCUT2D eigenvalue weighted by Gasteiger charge is -2.18. The summed E-state index contributed by atoms with van der Waals surface area (Å²) < 4.78 is 26.3. The van der Waals surface area contributed by atoms with E-state index in [0.717, 1.165) is 18.2 Å². The fraction of sp³-hybridized carbons (Fsp3) is 0.364. The Hall–Kier alpha value is -1.65. The largest absolute Gasteiger partial charge is 0.481 e. The molecular formula is C11H11F2NO2. The SMILES string of the molecule is O=C(O)[C@H]1CCN(c2cc(F)ccc2F)C1. The van der Waals surface area contributed by atoms with Crippen LogP contribution in [-0.4, -0.2) is 24.2 Å². The molecule has 0 aliphatic carbocycles. The maximum atomic E-state index is 13.4. The number of benzene rings is 1. The third-order valence-electron chi connectivity index (χ3n) is 2.79. The predicted octanol–water partition coefficient (Wildman–Crippen LogP) is 1.88. The minimum Gasteiger partial charge on any atom is -0.481 e. The zero-order valence-electron chi connectivity index (χ0n) is 8.49. The van der Waals surface area contributed by atoms with Crippen molar-refractivity contribution in [3.63, 3.8) is 0 Å². The van der Waals surface area contributed by atoms with Gasteiger partial charge in [0.2, 0.25) is 0 Å². The van der Waals surface area contributed by atoms with Crippen LogP contribution in [0.1, 0.15) is 6.42 Å². The van der Waals surface area contributed by atoms with Gasteiger partial charge in [0.15, 0.2) is 0 Å². The second-order valence-electron chi connectivity index (χ2n) is 3.87. The Labute approximate surface area is 91.3 Å².